The van der Waals surface area contributed by atoms with Gasteiger partial charge in [-0.1, -0.05) is 30.3 Å². The summed E-state index contributed by atoms with van der Waals surface area (Å²) in [5, 5.41) is 4.73. The molecule has 0 atom stereocenters. The van der Waals surface area contributed by atoms with Crippen LogP contribution in [0, 0.1) is 5.82 Å². The van der Waals surface area contributed by atoms with E-state index < -0.39 is 5.82 Å². The maximum absolute atomic E-state index is 13.3. The molecule has 1 heterocycles. The molecule has 32 heavy (non-hydrogen) atoms. The second-order valence-corrected chi connectivity index (χ2v) is 7.76. The zero-order chi connectivity index (χ0) is 22.5. The highest BCUT2D eigenvalue weighted by atomic mass is 19.1. The molecule has 6 nitrogen and oxygen atoms in total. The van der Waals surface area contributed by atoms with Gasteiger partial charge in [0.15, 0.2) is 0 Å². The van der Waals surface area contributed by atoms with Crippen molar-refractivity contribution in [1.82, 2.24) is 9.80 Å². The van der Waals surface area contributed by atoms with E-state index in [-0.39, 0.29) is 18.4 Å². The lowest BCUT2D eigenvalue weighted by atomic mass is 10.0. The van der Waals surface area contributed by atoms with Gasteiger partial charge in [-0.15, -0.1) is 0 Å². The molecule has 1 aliphatic heterocycles. The summed E-state index contributed by atoms with van der Waals surface area (Å²) in [6.45, 7) is 4.78. The fraction of sp³-hybridized carbons (Fsp3) is 0.280. The fourth-order valence-corrected chi connectivity index (χ4v) is 3.91. The number of amides is 2. The highest BCUT2D eigenvalue weighted by Crippen LogP contribution is 2.28. The number of halogens is 1. The SMILES string of the molecule is CCOc1cc2ccccc2cc1C(=O)N1CCN(CC(=O)Nc2cccc(F)c2)CC1. The summed E-state index contributed by atoms with van der Waals surface area (Å²) < 4.78 is 19.0. The molecule has 2 amide bonds. The molecule has 0 bridgehead atoms. The molecule has 1 fully saturated rings. The summed E-state index contributed by atoms with van der Waals surface area (Å²) in [5.74, 6) is -0.0743. The van der Waals surface area contributed by atoms with Crippen LogP contribution in [0.25, 0.3) is 10.8 Å². The van der Waals surface area contributed by atoms with Crippen molar-refractivity contribution in [3.05, 3.63) is 72.0 Å². The van der Waals surface area contributed by atoms with Gasteiger partial charge in [0.05, 0.1) is 18.7 Å². The van der Waals surface area contributed by atoms with E-state index in [2.05, 4.69) is 5.32 Å². The normalized spacial score (nSPS) is 14.4. The molecular weight excluding hydrogens is 409 g/mol. The maximum Gasteiger partial charge on any atom is 0.257 e. The lowest BCUT2D eigenvalue weighted by Crippen LogP contribution is -2.50. The minimum absolute atomic E-state index is 0.0666. The molecule has 7 heteroatoms. The van der Waals surface area contributed by atoms with E-state index >= 15 is 0 Å². The molecule has 166 valence electrons. The summed E-state index contributed by atoms with van der Waals surface area (Å²) >= 11 is 0. The van der Waals surface area contributed by atoms with Crippen molar-refractivity contribution in [3.8, 4) is 5.75 Å². The van der Waals surface area contributed by atoms with Gasteiger partial charge < -0.3 is 15.0 Å². The second-order valence-electron chi connectivity index (χ2n) is 7.76. The minimum atomic E-state index is -0.393. The number of nitrogens with one attached hydrogen (secondary N) is 1. The third-order valence-corrected chi connectivity index (χ3v) is 5.51. The number of ether oxygens (including phenoxy) is 1. The number of carbonyl (C=O) groups excluding carboxylic acids is 2. The standard InChI is InChI=1S/C25H26FN3O3/c1-2-32-23-15-19-7-4-3-6-18(19)14-22(23)25(31)29-12-10-28(11-13-29)17-24(30)27-21-9-5-8-20(26)16-21/h3-9,14-16H,2,10-13,17H2,1H3,(H,27,30). The van der Waals surface area contributed by atoms with E-state index in [4.69, 9.17) is 4.74 Å². The van der Waals surface area contributed by atoms with Gasteiger partial charge in [-0.2, -0.15) is 0 Å². The average Bonchev–Trinajstić information content (AvgIpc) is 2.79. The van der Waals surface area contributed by atoms with Crippen LogP contribution in [0.2, 0.25) is 0 Å². The van der Waals surface area contributed by atoms with Crippen molar-refractivity contribution in [1.29, 1.82) is 0 Å². The smallest absolute Gasteiger partial charge is 0.257 e. The first-order chi connectivity index (χ1) is 15.5. The molecule has 0 aromatic heterocycles. The first-order valence-electron chi connectivity index (χ1n) is 10.8. The fourth-order valence-electron chi connectivity index (χ4n) is 3.91. The van der Waals surface area contributed by atoms with Crippen LogP contribution in [0.1, 0.15) is 17.3 Å². The number of anilines is 1. The van der Waals surface area contributed by atoms with Crippen LogP contribution in [-0.2, 0) is 4.79 Å². The number of piperazine rings is 1. The van der Waals surface area contributed by atoms with E-state index in [0.29, 0.717) is 49.8 Å². The van der Waals surface area contributed by atoms with Crippen LogP contribution in [0.15, 0.2) is 60.7 Å². The molecule has 0 unspecified atom stereocenters. The van der Waals surface area contributed by atoms with Gasteiger partial charge in [0.1, 0.15) is 11.6 Å². The van der Waals surface area contributed by atoms with Crippen LogP contribution in [0.3, 0.4) is 0 Å². The highest BCUT2D eigenvalue weighted by molar-refractivity contribution is 6.01. The van der Waals surface area contributed by atoms with Crippen LogP contribution in [0.4, 0.5) is 10.1 Å². The Balaban J connectivity index is 1.38. The Kier molecular flexibility index (Phi) is 6.66. The topological polar surface area (TPSA) is 61.9 Å². The lowest BCUT2D eigenvalue weighted by molar-refractivity contribution is -0.117. The van der Waals surface area contributed by atoms with Crippen LogP contribution in [0.5, 0.6) is 5.75 Å². The minimum Gasteiger partial charge on any atom is -0.493 e. The Morgan fingerprint density at radius 3 is 2.38 bits per heavy atom. The number of carbonyl (C=O) groups is 2. The molecule has 1 saturated heterocycles. The number of rotatable bonds is 6. The summed E-state index contributed by atoms with van der Waals surface area (Å²) in [4.78, 5) is 29.3. The summed E-state index contributed by atoms with van der Waals surface area (Å²) in [7, 11) is 0. The summed E-state index contributed by atoms with van der Waals surface area (Å²) in [5.41, 5.74) is 0.992. The van der Waals surface area contributed by atoms with Gasteiger partial charge in [-0.05, 0) is 48.0 Å². The van der Waals surface area contributed by atoms with Crippen molar-refractivity contribution in [2.45, 2.75) is 6.92 Å². The van der Waals surface area contributed by atoms with Crippen molar-refractivity contribution >= 4 is 28.3 Å². The maximum atomic E-state index is 13.3. The number of nitrogens with zero attached hydrogens (tertiary/aromatic N) is 2. The molecule has 0 aliphatic carbocycles. The van der Waals surface area contributed by atoms with Crippen LogP contribution >= 0.6 is 0 Å². The van der Waals surface area contributed by atoms with Crippen molar-refractivity contribution in [2.24, 2.45) is 0 Å². The van der Waals surface area contributed by atoms with Crippen molar-refractivity contribution < 1.29 is 18.7 Å². The number of benzene rings is 3. The van der Waals surface area contributed by atoms with Gasteiger partial charge >= 0.3 is 0 Å². The Morgan fingerprint density at radius 2 is 1.69 bits per heavy atom. The Bertz CT molecular complexity index is 1130. The molecule has 1 N–H and O–H groups in total. The molecule has 0 spiro atoms. The largest absolute Gasteiger partial charge is 0.493 e. The number of hydrogen-bond donors (Lipinski definition) is 1. The van der Waals surface area contributed by atoms with Crippen LogP contribution < -0.4 is 10.1 Å². The molecule has 3 aromatic rings. The van der Waals surface area contributed by atoms with Gasteiger partial charge in [0.25, 0.3) is 5.91 Å². The summed E-state index contributed by atoms with van der Waals surface area (Å²) in [6.07, 6.45) is 0. The first-order valence-corrected chi connectivity index (χ1v) is 10.8. The van der Waals surface area contributed by atoms with Gasteiger partial charge in [0, 0.05) is 31.9 Å². The molecule has 4 rings (SSSR count). The van der Waals surface area contributed by atoms with E-state index in [1.54, 1.807) is 17.0 Å². The molecule has 0 radical (unpaired) electrons. The third kappa shape index (κ3) is 5.06. The summed E-state index contributed by atoms with van der Waals surface area (Å²) in [6, 6.07) is 17.5. The highest BCUT2D eigenvalue weighted by Gasteiger charge is 2.25. The zero-order valence-electron chi connectivity index (χ0n) is 18.0. The number of hydrogen-bond acceptors (Lipinski definition) is 4. The predicted octanol–water partition coefficient (Wildman–Crippen LogP) is 3.77. The Hall–Kier alpha value is -3.45. The van der Waals surface area contributed by atoms with Crippen molar-refractivity contribution in [3.63, 3.8) is 0 Å². The zero-order valence-corrected chi connectivity index (χ0v) is 18.0. The van der Waals surface area contributed by atoms with Gasteiger partial charge in [-0.3, -0.25) is 14.5 Å². The predicted molar refractivity (Wildman–Crippen MR) is 122 cm³/mol. The molecule has 0 saturated carbocycles. The molecule has 1 aliphatic rings. The van der Waals surface area contributed by atoms with Crippen LogP contribution in [-0.4, -0.2) is 60.9 Å². The lowest BCUT2D eigenvalue weighted by Gasteiger charge is -2.34. The van der Waals surface area contributed by atoms with E-state index in [1.807, 2.05) is 48.2 Å². The molecule has 3 aromatic carbocycles. The van der Waals surface area contributed by atoms with E-state index in [1.165, 1.54) is 12.1 Å². The van der Waals surface area contributed by atoms with E-state index in [0.717, 1.165) is 10.8 Å². The Morgan fingerprint density at radius 1 is 0.969 bits per heavy atom. The third-order valence-electron chi connectivity index (χ3n) is 5.51. The number of fused-ring (bicyclic) bond motifs is 1. The van der Waals surface area contributed by atoms with Gasteiger partial charge in [0.2, 0.25) is 5.91 Å². The first kappa shape index (κ1) is 21.8. The average molecular weight is 435 g/mol. The quantitative estimate of drug-likeness (QED) is 0.640. The van der Waals surface area contributed by atoms with Gasteiger partial charge in [-0.25, -0.2) is 4.39 Å². The van der Waals surface area contributed by atoms with E-state index in [9.17, 15) is 14.0 Å². The monoisotopic (exact) mass is 435 g/mol. The van der Waals surface area contributed by atoms with Crippen molar-refractivity contribution in [2.75, 3.05) is 44.6 Å². The second kappa shape index (κ2) is 9.78. The Labute approximate surface area is 186 Å². The molecular formula is C25H26FN3O3.